The van der Waals surface area contributed by atoms with Gasteiger partial charge >= 0.3 is 5.97 Å². The van der Waals surface area contributed by atoms with Crippen LogP contribution in [0.4, 0.5) is 5.69 Å². The highest BCUT2D eigenvalue weighted by Crippen LogP contribution is 2.28. The number of nitrogens with zero attached hydrogens (tertiary/aromatic N) is 4. The first kappa shape index (κ1) is 16.8. The third-order valence-electron chi connectivity index (χ3n) is 5.37. The van der Waals surface area contributed by atoms with Crippen molar-refractivity contribution in [2.24, 2.45) is 0 Å². The van der Waals surface area contributed by atoms with Gasteiger partial charge in [-0.25, -0.2) is 9.78 Å². The molecule has 3 N–H and O–H groups in total. The Morgan fingerprint density at radius 2 is 1.89 bits per heavy atom. The van der Waals surface area contributed by atoms with Gasteiger partial charge in [-0.15, -0.1) is 0 Å². The number of H-pyrrole nitrogens is 2. The van der Waals surface area contributed by atoms with E-state index in [0.29, 0.717) is 17.0 Å². The van der Waals surface area contributed by atoms with Gasteiger partial charge in [0.1, 0.15) is 5.69 Å². The molecule has 0 atom stereocenters. The fourth-order valence-corrected chi connectivity index (χ4v) is 3.70. The number of hydrogen-bond donors (Lipinski definition) is 3. The summed E-state index contributed by atoms with van der Waals surface area (Å²) in [7, 11) is 2.15. The largest absolute Gasteiger partial charge is 0.478 e. The standard InChI is InChI=1S/C20H20N6O2/c1-25-6-8-26(9-7-25)13-3-5-15-17(11-13)22-19(21-15)18-14-4-2-12(20(27)28)10-16(14)23-24-18/h2-5,10-11H,6-9H2,1H3,(H,21,22)(H,23,24)(H,27,28). The van der Waals surface area contributed by atoms with Gasteiger partial charge in [-0.05, 0) is 43.4 Å². The van der Waals surface area contributed by atoms with Gasteiger partial charge in [0.2, 0.25) is 0 Å². The number of aromatic nitrogens is 4. The van der Waals surface area contributed by atoms with Crippen molar-refractivity contribution in [3.63, 3.8) is 0 Å². The molecule has 28 heavy (non-hydrogen) atoms. The Labute approximate surface area is 160 Å². The third-order valence-corrected chi connectivity index (χ3v) is 5.37. The molecule has 3 heterocycles. The van der Waals surface area contributed by atoms with E-state index in [2.05, 4.69) is 49.1 Å². The fourth-order valence-electron chi connectivity index (χ4n) is 3.70. The van der Waals surface area contributed by atoms with Crippen LogP contribution in [0.15, 0.2) is 36.4 Å². The van der Waals surface area contributed by atoms with Crippen molar-refractivity contribution < 1.29 is 9.90 Å². The number of likely N-dealkylation sites (N-methyl/N-ethyl adjacent to an activating group) is 1. The first-order valence-electron chi connectivity index (χ1n) is 9.23. The van der Waals surface area contributed by atoms with Gasteiger partial charge in [-0.1, -0.05) is 0 Å². The summed E-state index contributed by atoms with van der Waals surface area (Å²) in [6, 6.07) is 11.2. The molecule has 0 saturated carbocycles. The average molecular weight is 376 g/mol. The molecule has 1 saturated heterocycles. The molecule has 5 rings (SSSR count). The second kappa shape index (κ2) is 6.35. The minimum atomic E-state index is -0.960. The van der Waals surface area contributed by atoms with E-state index in [1.807, 2.05) is 6.07 Å². The number of aromatic carboxylic acids is 1. The van der Waals surface area contributed by atoms with Crippen LogP contribution in [0.25, 0.3) is 33.5 Å². The summed E-state index contributed by atoms with van der Waals surface area (Å²) in [5, 5.41) is 17.2. The Balaban J connectivity index is 1.51. The minimum absolute atomic E-state index is 0.226. The predicted molar refractivity (Wildman–Crippen MR) is 108 cm³/mol. The molecule has 2 aromatic heterocycles. The molecule has 2 aromatic carbocycles. The molecule has 0 spiro atoms. The first-order valence-corrected chi connectivity index (χ1v) is 9.23. The van der Waals surface area contributed by atoms with E-state index in [9.17, 15) is 4.79 Å². The Bertz CT molecular complexity index is 1190. The Morgan fingerprint density at radius 3 is 2.68 bits per heavy atom. The summed E-state index contributed by atoms with van der Waals surface area (Å²) in [6.07, 6.45) is 0. The van der Waals surface area contributed by atoms with Crippen LogP contribution in [-0.4, -0.2) is 69.4 Å². The zero-order chi connectivity index (χ0) is 19.3. The van der Waals surface area contributed by atoms with Crippen molar-refractivity contribution in [3.8, 4) is 11.5 Å². The molecule has 1 fully saturated rings. The summed E-state index contributed by atoms with van der Waals surface area (Å²) in [5.41, 5.74) is 4.62. The molecule has 4 aromatic rings. The number of anilines is 1. The van der Waals surface area contributed by atoms with Gasteiger partial charge in [-0.3, -0.25) is 5.10 Å². The van der Waals surface area contributed by atoms with Gasteiger partial charge in [0.25, 0.3) is 0 Å². The maximum atomic E-state index is 11.2. The molecule has 8 heteroatoms. The SMILES string of the molecule is CN1CCN(c2ccc3nc(-c4n[nH]c5cc(C(=O)O)ccc45)[nH]c3c2)CC1. The van der Waals surface area contributed by atoms with Crippen LogP contribution in [0.5, 0.6) is 0 Å². The second-order valence-corrected chi connectivity index (χ2v) is 7.21. The van der Waals surface area contributed by atoms with Crippen LogP contribution in [-0.2, 0) is 0 Å². The van der Waals surface area contributed by atoms with Crippen LogP contribution in [0.1, 0.15) is 10.4 Å². The highest BCUT2D eigenvalue weighted by molar-refractivity contribution is 5.98. The maximum Gasteiger partial charge on any atom is 0.335 e. The zero-order valence-corrected chi connectivity index (χ0v) is 15.4. The zero-order valence-electron chi connectivity index (χ0n) is 15.4. The van der Waals surface area contributed by atoms with Crippen LogP contribution >= 0.6 is 0 Å². The van der Waals surface area contributed by atoms with Gasteiger partial charge in [-0.2, -0.15) is 5.10 Å². The number of nitrogens with one attached hydrogen (secondary N) is 2. The lowest BCUT2D eigenvalue weighted by molar-refractivity contribution is 0.0697. The van der Waals surface area contributed by atoms with E-state index in [4.69, 9.17) is 5.11 Å². The number of carbonyl (C=O) groups is 1. The highest BCUT2D eigenvalue weighted by atomic mass is 16.4. The van der Waals surface area contributed by atoms with E-state index in [-0.39, 0.29) is 5.56 Å². The van der Waals surface area contributed by atoms with Crippen molar-refractivity contribution >= 4 is 33.6 Å². The smallest absolute Gasteiger partial charge is 0.335 e. The molecule has 0 radical (unpaired) electrons. The number of piperazine rings is 1. The van der Waals surface area contributed by atoms with Gasteiger partial charge in [0, 0.05) is 37.3 Å². The highest BCUT2D eigenvalue weighted by Gasteiger charge is 2.17. The van der Waals surface area contributed by atoms with Crippen molar-refractivity contribution in [2.75, 3.05) is 38.1 Å². The van der Waals surface area contributed by atoms with Gasteiger partial charge in [0.05, 0.1) is 22.1 Å². The van der Waals surface area contributed by atoms with Crippen LogP contribution < -0.4 is 4.90 Å². The summed E-state index contributed by atoms with van der Waals surface area (Å²) >= 11 is 0. The van der Waals surface area contributed by atoms with Crippen molar-refractivity contribution in [2.45, 2.75) is 0 Å². The number of aromatic amines is 2. The van der Waals surface area contributed by atoms with Gasteiger partial charge in [0.15, 0.2) is 5.82 Å². The topological polar surface area (TPSA) is 101 Å². The van der Waals surface area contributed by atoms with E-state index < -0.39 is 5.97 Å². The molecular weight excluding hydrogens is 356 g/mol. The van der Waals surface area contributed by atoms with E-state index in [1.165, 1.54) is 5.69 Å². The molecule has 0 aliphatic carbocycles. The number of imidazole rings is 1. The Hall–Kier alpha value is -3.39. The van der Waals surface area contributed by atoms with E-state index in [0.717, 1.165) is 42.6 Å². The summed E-state index contributed by atoms with van der Waals surface area (Å²) < 4.78 is 0. The summed E-state index contributed by atoms with van der Waals surface area (Å²) in [6.45, 7) is 4.14. The molecular formula is C20H20N6O2. The molecule has 0 amide bonds. The number of hydrogen-bond acceptors (Lipinski definition) is 5. The van der Waals surface area contributed by atoms with E-state index in [1.54, 1.807) is 18.2 Å². The predicted octanol–water partition coefficient (Wildman–Crippen LogP) is 2.56. The van der Waals surface area contributed by atoms with Crippen molar-refractivity contribution in [3.05, 3.63) is 42.0 Å². The third kappa shape index (κ3) is 2.78. The number of benzene rings is 2. The number of carboxylic acids is 1. The molecule has 1 aliphatic rings. The number of carboxylic acid groups (broad SMARTS) is 1. The average Bonchev–Trinajstić information content (AvgIpc) is 3.31. The quantitative estimate of drug-likeness (QED) is 0.508. The normalized spacial score (nSPS) is 15.5. The Kier molecular flexibility index (Phi) is 3.80. The van der Waals surface area contributed by atoms with E-state index >= 15 is 0 Å². The van der Waals surface area contributed by atoms with Crippen molar-refractivity contribution in [1.29, 1.82) is 0 Å². The fraction of sp³-hybridized carbons (Fsp3) is 0.250. The molecule has 8 nitrogen and oxygen atoms in total. The number of fused-ring (bicyclic) bond motifs is 2. The summed E-state index contributed by atoms with van der Waals surface area (Å²) in [5.74, 6) is -0.293. The van der Waals surface area contributed by atoms with Crippen LogP contribution in [0, 0.1) is 0 Å². The second-order valence-electron chi connectivity index (χ2n) is 7.21. The lowest BCUT2D eigenvalue weighted by Gasteiger charge is -2.34. The molecule has 1 aliphatic heterocycles. The maximum absolute atomic E-state index is 11.2. The molecule has 142 valence electrons. The monoisotopic (exact) mass is 376 g/mol. The molecule has 0 bridgehead atoms. The molecule has 0 unspecified atom stereocenters. The lowest BCUT2D eigenvalue weighted by Crippen LogP contribution is -2.44. The lowest BCUT2D eigenvalue weighted by atomic mass is 10.1. The van der Waals surface area contributed by atoms with Crippen LogP contribution in [0.2, 0.25) is 0 Å². The summed E-state index contributed by atoms with van der Waals surface area (Å²) in [4.78, 5) is 23.9. The van der Waals surface area contributed by atoms with Crippen LogP contribution in [0.3, 0.4) is 0 Å². The van der Waals surface area contributed by atoms with Gasteiger partial charge < -0.3 is 19.9 Å². The Morgan fingerprint density at radius 1 is 1.07 bits per heavy atom. The minimum Gasteiger partial charge on any atom is -0.478 e. The van der Waals surface area contributed by atoms with Crippen molar-refractivity contribution in [1.82, 2.24) is 25.1 Å². The first-order chi connectivity index (χ1) is 13.6. The number of rotatable bonds is 3.